The largest absolute Gasteiger partial charge is 0.505 e. The molecular formula is C21H29FN2O4. The number of benzene rings is 1. The summed E-state index contributed by atoms with van der Waals surface area (Å²) in [6, 6.07) is 2.81. The van der Waals surface area contributed by atoms with Crippen LogP contribution in [0, 0.1) is 17.7 Å². The molecule has 0 spiro atoms. The molecule has 1 unspecified atom stereocenters. The smallest absolute Gasteiger partial charge is 0.322 e. The molecule has 7 heteroatoms. The molecule has 2 N–H and O–H groups in total. The van der Waals surface area contributed by atoms with Crippen LogP contribution in [0.2, 0.25) is 0 Å². The Labute approximate surface area is 165 Å². The first-order valence-electron chi connectivity index (χ1n) is 9.95. The number of halogens is 1. The molecule has 1 saturated carbocycles. The van der Waals surface area contributed by atoms with Gasteiger partial charge in [-0.25, -0.2) is 4.39 Å². The van der Waals surface area contributed by atoms with E-state index in [1.54, 1.807) is 11.0 Å². The lowest BCUT2D eigenvalue weighted by atomic mass is 9.78. The van der Waals surface area contributed by atoms with Gasteiger partial charge in [-0.3, -0.25) is 9.59 Å². The Balaban J connectivity index is 1.51. The predicted octanol–water partition coefficient (Wildman–Crippen LogP) is 2.83. The molecule has 1 heterocycles. The van der Waals surface area contributed by atoms with Gasteiger partial charge in [-0.05, 0) is 63.0 Å². The second-order valence-electron chi connectivity index (χ2n) is 8.10. The maximum Gasteiger partial charge on any atom is 0.322 e. The fraction of sp³-hybridized carbons (Fsp3) is 0.619. The van der Waals surface area contributed by atoms with E-state index in [0.717, 1.165) is 25.7 Å². The molecule has 1 aromatic rings. The van der Waals surface area contributed by atoms with E-state index < -0.39 is 11.6 Å². The SMILES string of the molecule is COC(=O)[C@@H](C)NC(C)[C@H]1CC[C@H](CN2Cc3ccc(O)c(F)c3C2=O)CC1. The zero-order valence-electron chi connectivity index (χ0n) is 16.7. The van der Waals surface area contributed by atoms with Crippen molar-refractivity contribution in [1.29, 1.82) is 0 Å². The van der Waals surface area contributed by atoms with Crippen LogP contribution in [0.1, 0.15) is 55.5 Å². The molecule has 0 saturated heterocycles. The molecule has 2 atom stereocenters. The molecule has 6 nitrogen and oxygen atoms in total. The summed E-state index contributed by atoms with van der Waals surface area (Å²) in [4.78, 5) is 25.8. The van der Waals surface area contributed by atoms with Crippen molar-refractivity contribution in [2.45, 2.75) is 58.2 Å². The third-order valence-electron chi connectivity index (χ3n) is 6.21. The number of methoxy groups -OCH3 is 1. The van der Waals surface area contributed by atoms with E-state index in [1.807, 2.05) is 6.92 Å². The van der Waals surface area contributed by atoms with E-state index in [-0.39, 0.29) is 29.5 Å². The number of amides is 1. The van der Waals surface area contributed by atoms with Gasteiger partial charge in [0.25, 0.3) is 5.91 Å². The van der Waals surface area contributed by atoms with Gasteiger partial charge >= 0.3 is 5.97 Å². The molecule has 1 aliphatic heterocycles. The van der Waals surface area contributed by atoms with E-state index >= 15 is 0 Å². The molecule has 1 amide bonds. The lowest BCUT2D eigenvalue weighted by Crippen LogP contribution is -2.45. The highest BCUT2D eigenvalue weighted by molar-refractivity contribution is 5.99. The van der Waals surface area contributed by atoms with Crippen LogP contribution in [-0.4, -0.2) is 47.6 Å². The third kappa shape index (κ3) is 4.14. The van der Waals surface area contributed by atoms with E-state index in [1.165, 1.54) is 13.2 Å². The van der Waals surface area contributed by atoms with Crippen LogP contribution in [0.4, 0.5) is 4.39 Å². The van der Waals surface area contributed by atoms with Crippen LogP contribution >= 0.6 is 0 Å². The molecule has 0 radical (unpaired) electrons. The molecule has 1 aromatic carbocycles. The third-order valence-corrected chi connectivity index (χ3v) is 6.21. The average molecular weight is 392 g/mol. The number of hydrogen-bond acceptors (Lipinski definition) is 5. The van der Waals surface area contributed by atoms with Gasteiger partial charge in [0.1, 0.15) is 6.04 Å². The number of hydrogen-bond donors (Lipinski definition) is 2. The topological polar surface area (TPSA) is 78.9 Å². The number of rotatable bonds is 6. The summed E-state index contributed by atoms with van der Waals surface area (Å²) in [6.45, 7) is 4.92. The highest BCUT2D eigenvalue weighted by Crippen LogP contribution is 2.35. The van der Waals surface area contributed by atoms with Gasteiger partial charge in [0.05, 0.1) is 12.7 Å². The maximum atomic E-state index is 14.1. The van der Waals surface area contributed by atoms with Gasteiger partial charge in [-0.1, -0.05) is 6.07 Å². The minimum absolute atomic E-state index is 0.0170. The predicted molar refractivity (Wildman–Crippen MR) is 102 cm³/mol. The number of nitrogens with one attached hydrogen (secondary N) is 1. The zero-order valence-corrected chi connectivity index (χ0v) is 16.7. The maximum absolute atomic E-state index is 14.1. The number of nitrogens with zero attached hydrogens (tertiary/aromatic N) is 1. The number of carbonyl (C=O) groups excluding carboxylic acids is 2. The quantitative estimate of drug-likeness (QED) is 0.728. The Morgan fingerprint density at radius 1 is 1.32 bits per heavy atom. The fourth-order valence-electron chi connectivity index (χ4n) is 4.51. The average Bonchev–Trinajstić information content (AvgIpc) is 3.00. The monoisotopic (exact) mass is 392 g/mol. The van der Waals surface area contributed by atoms with E-state index in [9.17, 15) is 19.1 Å². The first kappa shape index (κ1) is 20.6. The summed E-state index contributed by atoms with van der Waals surface area (Å²) < 4.78 is 18.9. The van der Waals surface area contributed by atoms with E-state index in [0.29, 0.717) is 30.5 Å². The highest BCUT2D eigenvalue weighted by atomic mass is 19.1. The van der Waals surface area contributed by atoms with Gasteiger partial charge in [-0.2, -0.15) is 0 Å². The molecular weight excluding hydrogens is 363 g/mol. The van der Waals surface area contributed by atoms with Crippen LogP contribution in [0.3, 0.4) is 0 Å². The standard InChI is InChI=1S/C21H29FN2O4/c1-12(23-13(2)21(27)28-3)15-6-4-14(5-7-15)10-24-11-16-8-9-17(25)19(22)18(16)20(24)26/h8-9,12-15,23,25H,4-7,10-11H2,1-3H3/t12?,13-,14-,15-/m1/s1. The van der Waals surface area contributed by atoms with Crippen LogP contribution < -0.4 is 5.32 Å². The summed E-state index contributed by atoms with van der Waals surface area (Å²) in [5.41, 5.74) is 0.659. The zero-order chi connectivity index (χ0) is 20.4. The van der Waals surface area contributed by atoms with Crippen LogP contribution in [-0.2, 0) is 16.1 Å². The highest BCUT2D eigenvalue weighted by Gasteiger charge is 2.34. The van der Waals surface area contributed by atoms with Crippen molar-refractivity contribution < 1.29 is 23.8 Å². The van der Waals surface area contributed by atoms with Crippen molar-refractivity contribution in [3.63, 3.8) is 0 Å². The Hall–Kier alpha value is -2.15. The number of aromatic hydroxyl groups is 1. The summed E-state index contributed by atoms with van der Waals surface area (Å²) in [6.07, 6.45) is 4.04. The normalized spacial score (nSPS) is 24.0. The molecule has 1 aliphatic carbocycles. The van der Waals surface area contributed by atoms with Gasteiger partial charge in [0.15, 0.2) is 11.6 Å². The van der Waals surface area contributed by atoms with E-state index in [2.05, 4.69) is 12.2 Å². The molecule has 2 aliphatic rings. The minimum atomic E-state index is -0.812. The van der Waals surface area contributed by atoms with Gasteiger partial charge in [0, 0.05) is 19.1 Å². The number of esters is 1. The Morgan fingerprint density at radius 2 is 2.00 bits per heavy atom. The van der Waals surface area contributed by atoms with Gasteiger partial charge in [0.2, 0.25) is 0 Å². The summed E-state index contributed by atoms with van der Waals surface area (Å²) in [7, 11) is 1.39. The van der Waals surface area contributed by atoms with Crippen molar-refractivity contribution in [2.75, 3.05) is 13.7 Å². The summed E-state index contributed by atoms with van der Waals surface area (Å²) in [5, 5.41) is 12.8. The molecule has 28 heavy (non-hydrogen) atoms. The van der Waals surface area contributed by atoms with Gasteiger partial charge in [-0.15, -0.1) is 0 Å². The van der Waals surface area contributed by atoms with Crippen LogP contribution in [0.15, 0.2) is 12.1 Å². The lowest BCUT2D eigenvalue weighted by molar-refractivity contribution is -0.142. The van der Waals surface area contributed by atoms with Crippen molar-refractivity contribution >= 4 is 11.9 Å². The molecule has 0 bridgehead atoms. The Bertz CT molecular complexity index is 746. The Morgan fingerprint density at radius 3 is 2.64 bits per heavy atom. The number of phenols is 1. The number of ether oxygens (including phenoxy) is 1. The fourth-order valence-corrected chi connectivity index (χ4v) is 4.51. The van der Waals surface area contributed by atoms with Gasteiger partial charge < -0.3 is 20.1 Å². The lowest BCUT2D eigenvalue weighted by Gasteiger charge is -2.35. The number of fused-ring (bicyclic) bond motifs is 1. The van der Waals surface area contributed by atoms with Crippen molar-refractivity contribution in [3.05, 3.63) is 29.1 Å². The van der Waals surface area contributed by atoms with Crippen molar-refractivity contribution in [2.24, 2.45) is 11.8 Å². The molecule has 1 fully saturated rings. The molecule has 154 valence electrons. The van der Waals surface area contributed by atoms with Crippen molar-refractivity contribution in [3.8, 4) is 5.75 Å². The first-order valence-corrected chi connectivity index (χ1v) is 9.95. The number of phenolic OH excluding ortho intramolecular Hbond substituents is 1. The second kappa shape index (κ2) is 8.47. The summed E-state index contributed by atoms with van der Waals surface area (Å²) >= 11 is 0. The van der Waals surface area contributed by atoms with Crippen molar-refractivity contribution in [1.82, 2.24) is 10.2 Å². The second-order valence-corrected chi connectivity index (χ2v) is 8.10. The van der Waals surface area contributed by atoms with Crippen LogP contribution in [0.5, 0.6) is 5.75 Å². The van der Waals surface area contributed by atoms with Crippen LogP contribution in [0.25, 0.3) is 0 Å². The van der Waals surface area contributed by atoms with E-state index in [4.69, 9.17) is 4.74 Å². The minimum Gasteiger partial charge on any atom is -0.505 e. The summed E-state index contributed by atoms with van der Waals surface area (Å²) in [5.74, 6) is -1.01. The molecule has 0 aromatic heterocycles. The first-order chi connectivity index (χ1) is 13.3. The Kier molecular flexibility index (Phi) is 6.23. The number of carbonyl (C=O) groups is 2. The molecule has 3 rings (SSSR count).